The summed E-state index contributed by atoms with van der Waals surface area (Å²) >= 11 is 0. The van der Waals surface area contributed by atoms with Crippen molar-refractivity contribution in [2.45, 2.75) is 4.90 Å². The van der Waals surface area contributed by atoms with Crippen molar-refractivity contribution in [1.82, 2.24) is 0 Å². The molecule has 1 unspecified atom stereocenters. The zero-order valence-corrected chi connectivity index (χ0v) is 11.5. The Morgan fingerprint density at radius 1 is 0.857 bits per heavy atom. The minimum absolute atomic E-state index is 0.0526. The average Bonchev–Trinajstić information content (AvgIpc) is 2.52. The third kappa shape index (κ3) is 1.95. The van der Waals surface area contributed by atoms with Gasteiger partial charge in [-0.3, -0.25) is 9.59 Å². The van der Waals surface area contributed by atoms with Gasteiger partial charge in [0, 0.05) is 22.8 Å². The number of quaternary nitrogens is 1. The van der Waals surface area contributed by atoms with E-state index in [0.29, 0.717) is 0 Å². The molecule has 7 heteroatoms. The molecule has 1 aliphatic carbocycles. The van der Waals surface area contributed by atoms with Crippen LogP contribution in [0, 0.1) is 0 Å². The van der Waals surface area contributed by atoms with E-state index in [-0.39, 0.29) is 32.9 Å². The number of benzene rings is 2. The van der Waals surface area contributed by atoms with E-state index in [1.54, 1.807) is 12.1 Å². The van der Waals surface area contributed by atoms with E-state index >= 15 is 0 Å². The molecule has 0 saturated heterocycles. The van der Waals surface area contributed by atoms with Crippen LogP contribution in [-0.2, 0) is 23.5 Å². The van der Waals surface area contributed by atoms with Crippen molar-refractivity contribution < 1.29 is 28.5 Å². The van der Waals surface area contributed by atoms with Gasteiger partial charge in [0.25, 0.3) is 0 Å². The van der Waals surface area contributed by atoms with Crippen molar-refractivity contribution in [2.24, 2.45) is 0 Å². The lowest BCUT2D eigenvalue weighted by atomic mass is 9.84. The molecule has 0 spiro atoms. The highest BCUT2D eigenvalue weighted by Crippen LogP contribution is 2.33. The van der Waals surface area contributed by atoms with Gasteiger partial charge in [0.05, 0.1) is 14.4 Å². The highest BCUT2D eigenvalue weighted by molar-refractivity contribution is 7.92. The fourth-order valence-corrected chi connectivity index (χ4v) is 3.21. The smallest absolute Gasteiger partial charge is 0.289 e. The molecular weight excluding hydrogens is 294 g/mol. The predicted molar refractivity (Wildman–Crippen MR) is 70.7 cm³/mol. The first kappa shape index (κ1) is 13.8. The monoisotopic (exact) mass is 304 g/mol. The van der Waals surface area contributed by atoms with Crippen molar-refractivity contribution in [1.29, 1.82) is 0 Å². The van der Waals surface area contributed by atoms with Crippen LogP contribution in [0.4, 0.5) is 0 Å². The van der Waals surface area contributed by atoms with Crippen LogP contribution in [-0.4, -0.2) is 11.6 Å². The Morgan fingerprint density at radius 3 is 2.05 bits per heavy atom. The topological polar surface area (TPSA) is 108 Å². The van der Waals surface area contributed by atoms with Gasteiger partial charge < -0.3 is 0 Å². The van der Waals surface area contributed by atoms with Gasteiger partial charge in [-0.25, -0.2) is 0 Å². The van der Waals surface area contributed by atoms with E-state index in [9.17, 15) is 18.4 Å². The molecule has 3 rings (SSSR count). The Morgan fingerprint density at radius 2 is 1.43 bits per heavy atom. The molecule has 6 nitrogen and oxygen atoms in total. The third-order valence-electron chi connectivity index (χ3n) is 3.34. The van der Waals surface area contributed by atoms with Crippen molar-refractivity contribution in [2.75, 3.05) is 0 Å². The highest BCUT2D eigenvalue weighted by Gasteiger charge is 2.45. The van der Waals surface area contributed by atoms with Gasteiger partial charge in [-0.1, -0.05) is 30.3 Å². The van der Waals surface area contributed by atoms with E-state index in [1.165, 1.54) is 30.3 Å². The second-order valence-electron chi connectivity index (χ2n) is 4.45. The number of hydrogen-bond donors (Lipinski definition) is 1. The summed E-state index contributed by atoms with van der Waals surface area (Å²) in [7, 11) is -4.18. The molecule has 1 atom stereocenters. The Hall–Kier alpha value is -2.19. The second-order valence-corrected chi connectivity index (χ2v) is 6.04. The number of rotatable bonds is 2. The van der Waals surface area contributed by atoms with E-state index in [2.05, 4.69) is 10.2 Å². The molecule has 0 fully saturated rings. The molecule has 1 radical (unpaired) electrons. The van der Waals surface area contributed by atoms with Gasteiger partial charge in [-0.2, -0.15) is 5.90 Å². The quantitative estimate of drug-likeness (QED) is 0.556. The standard InChI is InChI=1S/C14H10NO5S/c15-20-21(18,19)11-7-3-6-10-12(11)14(17)9-5-2-1-4-8(9)13(10)16/h1-7H,15H3/q+2. The van der Waals surface area contributed by atoms with Gasteiger partial charge in [-0.05, 0) is 10.3 Å². The highest BCUT2D eigenvalue weighted by atomic mass is 32.3. The molecule has 0 aromatic heterocycles. The number of carbonyl (C=O) groups excluding carboxylic acids is 2. The van der Waals surface area contributed by atoms with Crippen molar-refractivity contribution >= 4 is 22.1 Å². The van der Waals surface area contributed by atoms with Crippen LogP contribution < -0.4 is 5.90 Å². The molecule has 105 valence electrons. The summed E-state index contributed by atoms with van der Waals surface area (Å²) in [5.41, 5.74) is 0.337. The number of hydrogen-bond acceptors (Lipinski definition) is 4. The molecule has 3 N–H and O–H groups in total. The molecule has 2 aromatic rings. The molecule has 0 heterocycles. The summed E-state index contributed by atoms with van der Waals surface area (Å²) in [4.78, 5) is 24.6. The van der Waals surface area contributed by atoms with E-state index < -0.39 is 16.3 Å². The van der Waals surface area contributed by atoms with Gasteiger partial charge in [0.15, 0.2) is 11.6 Å². The normalized spacial score (nSPS) is 16.1. The summed E-state index contributed by atoms with van der Waals surface area (Å²) < 4.78 is 28.0. The van der Waals surface area contributed by atoms with E-state index in [1.807, 2.05) is 0 Å². The average molecular weight is 304 g/mol. The van der Waals surface area contributed by atoms with E-state index in [4.69, 9.17) is 0 Å². The molecule has 0 aliphatic heterocycles. The fraction of sp³-hybridized carbons (Fsp3) is 0. The molecule has 0 bridgehead atoms. The van der Waals surface area contributed by atoms with Crippen LogP contribution in [0.5, 0.6) is 0 Å². The molecule has 2 aromatic carbocycles. The Bertz CT molecular complexity index is 830. The van der Waals surface area contributed by atoms with Gasteiger partial charge in [0.2, 0.25) is 4.90 Å². The minimum Gasteiger partial charge on any atom is -0.289 e. The molecule has 21 heavy (non-hydrogen) atoms. The van der Waals surface area contributed by atoms with Crippen molar-refractivity contribution in [3.8, 4) is 0 Å². The third-order valence-corrected chi connectivity index (χ3v) is 4.53. The molecule has 0 saturated carbocycles. The second kappa shape index (κ2) is 4.68. The molecule has 1 aliphatic rings. The van der Waals surface area contributed by atoms with Crippen LogP contribution in [0.1, 0.15) is 31.8 Å². The summed E-state index contributed by atoms with van der Waals surface area (Å²) in [5.74, 6) is 1.98. The first-order valence-electron chi connectivity index (χ1n) is 5.97. The van der Waals surface area contributed by atoms with Crippen LogP contribution in [0.2, 0.25) is 0 Å². The first-order chi connectivity index (χ1) is 9.97. The van der Waals surface area contributed by atoms with Crippen LogP contribution in [0.15, 0.2) is 47.4 Å². The van der Waals surface area contributed by atoms with Gasteiger partial charge >= 0.3 is 10.5 Å². The lowest BCUT2D eigenvalue weighted by Crippen LogP contribution is -2.52. The van der Waals surface area contributed by atoms with Crippen LogP contribution >= 0.6 is 0 Å². The maximum atomic E-state index is 12.5. The molecule has 0 amide bonds. The van der Waals surface area contributed by atoms with Crippen molar-refractivity contribution in [3.05, 3.63) is 64.7 Å². The first-order valence-corrected chi connectivity index (χ1v) is 7.38. The molecular formula is C14H10NO5S+2. The van der Waals surface area contributed by atoms with Crippen LogP contribution in [0.3, 0.4) is 0 Å². The summed E-state index contributed by atoms with van der Waals surface area (Å²) in [6, 6.07) is 10.3. The summed E-state index contributed by atoms with van der Waals surface area (Å²) in [5, 5.41) is 0. The maximum Gasteiger partial charge on any atom is 0.483 e. The Kier molecular flexibility index (Phi) is 3.07. The predicted octanol–water partition coefficient (Wildman–Crippen LogP) is 0.754. The Balaban J connectivity index is 2.34. The lowest BCUT2D eigenvalue weighted by Gasteiger charge is -2.17. The Labute approximate surface area is 120 Å². The minimum atomic E-state index is -4.18. The zero-order valence-electron chi connectivity index (χ0n) is 10.7. The maximum absolute atomic E-state index is 12.5. The van der Waals surface area contributed by atoms with Crippen LogP contribution in [0.25, 0.3) is 0 Å². The fourth-order valence-electron chi connectivity index (χ4n) is 2.39. The largest absolute Gasteiger partial charge is 0.483 e. The van der Waals surface area contributed by atoms with Gasteiger partial charge in [-0.15, -0.1) is 0 Å². The van der Waals surface area contributed by atoms with E-state index in [0.717, 1.165) is 0 Å². The zero-order chi connectivity index (χ0) is 15.2. The van der Waals surface area contributed by atoms with Crippen molar-refractivity contribution in [3.63, 3.8) is 0 Å². The SMILES string of the molecule is [NH3+]O[S+]([O])(=O)c1cccc2c1C(=O)c1ccccc1C2=O. The summed E-state index contributed by atoms with van der Waals surface area (Å²) in [6.45, 7) is 0. The van der Waals surface area contributed by atoms with Gasteiger partial charge in [0.1, 0.15) is 0 Å². The number of fused-ring (bicyclic) bond motifs is 2. The number of carbonyl (C=O) groups is 2. The summed E-state index contributed by atoms with van der Waals surface area (Å²) in [6.07, 6.45) is 0. The number of ketones is 2. The lowest BCUT2D eigenvalue weighted by molar-refractivity contribution is -0.637.